The van der Waals surface area contributed by atoms with E-state index in [9.17, 15) is 0 Å². The summed E-state index contributed by atoms with van der Waals surface area (Å²) in [6, 6.07) is 0. The van der Waals surface area contributed by atoms with Gasteiger partial charge in [0, 0.05) is 11.5 Å². The maximum absolute atomic E-state index is 4.17. The summed E-state index contributed by atoms with van der Waals surface area (Å²) in [5.74, 6) is 7.08. The van der Waals surface area contributed by atoms with Crippen molar-refractivity contribution in [3.05, 3.63) is 0 Å². The zero-order chi connectivity index (χ0) is 9.78. The molecule has 0 rings (SSSR count). The van der Waals surface area contributed by atoms with Crippen molar-refractivity contribution in [2.75, 3.05) is 34.5 Å². The molecule has 0 nitrogen and oxygen atoms in total. The van der Waals surface area contributed by atoms with Crippen LogP contribution in [-0.2, 0) is 0 Å². The summed E-state index contributed by atoms with van der Waals surface area (Å²) < 4.78 is 0. The van der Waals surface area contributed by atoms with Gasteiger partial charge in [0.2, 0.25) is 0 Å². The molecule has 0 aliphatic carbocycles. The lowest BCUT2D eigenvalue weighted by Crippen LogP contribution is -1.88. The highest BCUT2D eigenvalue weighted by Gasteiger charge is 1.91. The van der Waals surface area contributed by atoms with Crippen LogP contribution in [0, 0.1) is 0 Å². The third-order valence-electron chi connectivity index (χ3n) is 1.55. The zero-order valence-electron chi connectivity index (χ0n) is 8.07. The molecular weight excluding hydrogens is 236 g/mol. The Morgan fingerprint density at radius 2 is 1.08 bits per heavy atom. The molecule has 0 radical (unpaired) electrons. The highest BCUT2D eigenvalue weighted by molar-refractivity contribution is 8.00. The molecule has 0 spiro atoms. The lowest BCUT2D eigenvalue weighted by atomic mass is 10.3. The van der Waals surface area contributed by atoms with Crippen molar-refractivity contribution in [1.82, 2.24) is 0 Å². The number of hydrogen-bond donors (Lipinski definition) is 2. The Bertz CT molecular complexity index is 77.7. The normalized spacial score (nSPS) is 10.6. The third-order valence-corrected chi connectivity index (χ3v) is 4.74. The summed E-state index contributed by atoms with van der Waals surface area (Å²) >= 11 is 12.4. The summed E-state index contributed by atoms with van der Waals surface area (Å²) in [5, 5.41) is 0. The second-order valence-corrected chi connectivity index (χ2v) is 6.08. The van der Waals surface area contributed by atoms with E-state index in [1.165, 1.54) is 42.3 Å². The molecule has 0 saturated carbocycles. The molecule has 0 fully saturated rings. The molecule has 80 valence electrons. The van der Waals surface area contributed by atoms with E-state index in [-0.39, 0.29) is 0 Å². The Morgan fingerprint density at radius 3 is 1.46 bits per heavy atom. The molecule has 4 heteroatoms. The van der Waals surface area contributed by atoms with Crippen LogP contribution in [0.5, 0.6) is 0 Å². The van der Waals surface area contributed by atoms with Gasteiger partial charge in [0.25, 0.3) is 0 Å². The summed E-state index contributed by atoms with van der Waals surface area (Å²) in [7, 11) is 0. The number of hydrogen-bond acceptors (Lipinski definition) is 4. The predicted octanol–water partition coefficient (Wildman–Crippen LogP) is 3.48. The second kappa shape index (κ2) is 13.4. The van der Waals surface area contributed by atoms with Gasteiger partial charge in [-0.3, -0.25) is 0 Å². The Balaban J connectivity index is 2.76. The molecule has 0 atom stereocenters. The summed E-state index contributed by atoms with van der Waals surface area (Å²) in [5.41, 5.74) is 0. The number of rotatable bonds is 10. The van der Waals surface area contributed by atoms with Gasteiger partial charge in [-0.15, -0.1) is 0 Å². The standard InChI is InChI=1S/C9H20S4/c10-4-8-12-6-2-1-3-7-13-9-5-11/h10-11H,1-9H2. The first kappa shape index (κ1) is 14.4. The maximum atomic E-state index is 4.17. The van der Waals surface area contributed by atoms with Crippen LogP contribution < -0.4 is 0 Å². The summed E-state index contributed by atoms with van der Waals surface area (Å²) in [6.45, 7) is 0. The number of unbranched alkanes of at least 4 members (excludes halogenated alkanes) is 2. The van der Waals surface area contributed by atoms with E-state index in [0.717, 1.165) is 11.5 Å². The lowest BCUT2D eigenvalue weighted by molar-refractivity contribution is 0.786. The van der Waals surface area contributed by atoms with Crippen molar-refractivity contribution in [2.24, 2.45) is 0 Å². The first-order valence-electron chi connectivity index (χ1n) is 4.79. The average Bonchev–Trinajstić information content (AvgIpc) is 2.16. The topological polar surface area (TPSA) is 0 Å². The molecule has 0 aliphatic heterocycles. The van der Waals surface area contributed by atoms with E-state index in [0.29, 0.717) is 0 Å². The van der Waals surface area contributed by atoms with E-state index >= 15 is 0 Å². The van der Waals surface area contributed by atoms with Gasteiger partial charge in [-0.25, -0.2) is 0 Å². The number of thiol groups is 2. The Morgan fingerprint density at radius 1 is 0.615 bits per heavy atom. The predicted molar refractivity (Wildman–Crippen MR) is 76.2 cm³/mol. The fourth-order valence-electron chi connectivity index (χ4n) is 0.918. The van der Waals surface area contributed by atoms with E-state index in [2.05, 4.69) is 25.3 Å². The Labute approximate surface area is 102 Å². The molecule has 0 aromatic rings. The Kier molecular flexibility index (Phi) is 14.8. The Hall–Kier alpha value is 1.40. The molecule has 0 amide bonds. The van der Waals surface area contributed by atoms with Gasteiger partial charge in [0.15, 0.2) is 0 Å². The highest BCUT2D eigenvalue weighted by Crippen LogP contribution is 2.09. The highest BCUT2D eigenvalue weighted by atomic mass is 32.2. The van der Waals surface area contributed by atoms with E-state index in [1.807, 2.05) is 23.5 Å². The largest absolute Gasteiger partial charge is 0.179 e. The first-order chi connectivity index (χ1) is 6.41. The van der Waals surface area contributed by atoms with Crippen molar-refractivity contribution >= 4 is 48.8 Å². The maximum Gasteiger partial charge on any atom is 0.00210 e. The molecule has 0 aliphatic rings. The molecule has 0 N–H and O–H groups in total. The molecule has 0 heterocycles. The minimum absolute atomic E-state index is 1.02. The van der Waals surface area contributed by atoms with Crippen molar-refractivity contribution in [3.63, 3.8) is 0 Å². The minimum atomic E-state index is 1.02. The van der Waals surface area contributed by atoms with Crippen LogP contribution in [0.4, 0.5) is 0 Å². The van der Waals surface area contributed by atoms with Gasteiger partial charge in [-0.05, 0) is 35.9 Å². The van der Waals surface area contributed by atoms with Crippen molar-refractivity contribution in [3.8, 4) is 0 Å². The van der Waals surface area contributed by atoms with Crippen molar-refractivity contribution in [1.29, 1.82) is 0 Å². The average molecular weight is 257 g/mol. The quantitative estimate of drug-likeness (QED) is 0.454. The van der Waals surface area contributed by atoms with Gasteiger partial charge in [0.05, 0.1) is 0 Å². The fourth-order valence-corrected chi connectivity index (χ4v) is 3.18. The monoisotopic (exact) mass is 256 g/mol. The van der Waals surface area contributed by atoms with Crippen LogP contribution in [0.2, 0.25) is 0 Å². The summed E-state index contributed by atoms with van der Waals surface area (Å²) in [6.07, 6.45) is 4.14. The molecule has 0 aromatic carbocycles. The van der Waals surface area contributed by atoms with E-state index in [4.69, 9.17) is 0 Å². The van der Waals surface area contributed by atoms with Gasteiger partial charge in [-0.2, -0.15) is 48.8 Å². The molecule has 0 aromatic heterocycles. The lowest BCUT2D eigenvalue weighted by Gasteiger charge is -2.00. The molecule has 0 saturated heterocycles. The SMILES string of the molecule is SCCSCCCCCSCCS. The van der Waals surface area contributed by atoms with E-state index in [1.54, 1.807) is 0 Å². The van der Waals surface area contributed by atoms with Gasteiger partial charge < -0.3 is 0 Å². The van der Waals surface area contributed by atoms with Crippen LogP contribution in [0.15, 0.2) is 0 Å². The molecule has 0 bridgehead atoms. The van der Waals surface area contributed by atoms with Gasteiger partial charge >= 0.3 is 0 Å². The van der Waals surface area contributed by atoms with Crippen molar-refractivity contribution in [2.45, 2.75) is 19.3 Å². The second-order valence-electron chi connectivity index (χ2n) is 2.73. The molecule has 13 heavy (non-hydrogen) atoms. The fraction of sp³-hybridized carbons (Fsp3) is 1.00. The van der Waals surface area contributed by atoms with Crippen LogP contribution >= 0.6 is 48.8 Å². The van der Waals surface area contributed by atoms with Crippen LogP contribution in [0.1, 0.15) is 19.3 Å². The van der Waals surface area contributed by atoms with Gasteiger partial charge in [-0.1, -0.05) is 6.42 Å². The third kappa shape index (κ3) is 13.4. The van der Waals surface area contributed by atoms with Gasteiger partial charge in [0.1, 0.15) is 0 Å². The van der Waals surface area contributed by atoms with Crippen LogP contribution in [-0.4, -0.2) is 34.5 Å². The van der Waals surface area contributed by atoms with E-state index < -0.39 is 0 Å². The van der Waals surface area contributed by atoms with Crippen LogP contribution in [0.25, 0.3) is 0 Å². The first-order valence-corrected chi connectivity index (χ1v) is 8.36. The molecule has 0 unspecified atom stereocenters. The minimum Gasteiger partial charge on any atom is -0.179 e. The number of thioether (sulfide) groups is 2. The van der Waals surface area contributed by atoms with Crippen molar-refractivity contribution < 1.29 is 0 Å². The summed E-state index contributed by atoms with van der Waals surface area (Å²) in [4.78, 5) is 0. The van der Waals surface area contributed by atoms with Crippen LogP contribution in [0.3, 0.4) is 0 Å². The zero-order valence-corrected chi connectivity index (χ0v) is 11.5. The molecular formula is C9H20S4. The smallest absolute Gasteiger partial charge is 0.00210 e.